The van der Waals surface area contributed by atoms with E-state index in [9.17, 15) is 4.79 Å². The maximum atomic E-state index is 11.2. The number of carbonyl (C=O) groups is 1. The number of benzene rings is 1. The van der Waals surface area contributed by atoms with Gasteiger partial charge in [0.05, 0.1) is 12.7 Å². The lowest BCUT2D eigenvalue weighted by atomic mass is 10.1. The van der Waals surface area contributed by atoms with E-state index in [0.717, 1.165) is 41.4 Å². The van der Waals surface area contributed by atoms with E-state index in [-0.39, 0.29) is 0 Å². The summed E-state index contributed by atoms with van der Waals surface area (Å²) < 4.78 is 7.30. The minimum atomic E-state index is 0.527. The molecular weight excluding hydrogens is 318 g/mol. The van der Waals surface area contributed by atoms with Crippen LogP contribution in [-0.4, -0.2) is 32.6 Å². The predicted octanol–water partition coefficient (Wildman–Crippen LogP) is 2.49. The van der Waals surface area contributed by atoms with Crippen molar-refractivity contribution in [2.24, 2.45) is 0 Å². The van der Waals surface area contributed by atoms with E-state index < -0.39 is 0 Å². The summed E-state index contributed by atoms with van der Waals surface area (Å²) in [5, 5.41) is 8.13. The monoisotopic (exact) mass is 337 g/mol. The molecule has 7 heteroatoms. The smallest absolute Gasteiger partial charge is 0.210 e. The summed E-state index contributed by atoms with van der Waals surface area (Å²) in [6, 6.07) is 8.14. The standard InChI is InChI=1S/C18H19N5O2/c1-13-3-2-4-14(7-13)20-18-16-10-22(12-24)6-5-17(16)23(21-18)9-15-8-19-11-25-15/h2-4,7-8,11-12H,5-6,9-10H2,1H3,(H,20,21). The van der Waals surface area contributed by atoms with Crippen LogP contribution < -0.4 is 5.32 Å². The van der Waals surface area contributed by atoms with Gasteiger partial charge in [-0.15, -0.1) is 0 Å². The van der Waals surface area contributed by atoms with E-state index in [1.54, 1.807) is 11.1 Å². The zero-order valence-corrected chi connectivity index (χ0v) is 14.0. The van der Waals surface area contributed by atoms with Gasteiger partial charge in [0.25, 0.3) is 0 Å². The molecule has 0 fully saturated rings. The van der Waals surface area contributed by atoms with Crippen LogP contribution in [0.3, 0.4) is 0 Å². The van der Waals surface area contributed by atoms with Crippen LogP contribution in [0, 0.1) is 6.92 Å². The lowest BCUT2D eigenvalue weighted by Crippen LogP contribution is -2.30. The largest absolute Gasteiger partial charge is 0.447 e. The second kappa shape index (κ2) is 6.43. The molecule has 0 saturated carbocycles. The van der Waals surface area contributed by atoms with Crippen molar-refractivity contribution in [1.29, 1.82) is 0 Å². The number of hydrogen-bond acceptors (Lipinski definition) is 5. The molecule has 0 bridgehead atoms. The molecule has 0 atom stereocenters. The Bertz CT molecular complexity index is 885. The van der Waals surface area contributed by atoms with E-state index in [4.69, 9.17) is 9.52 Å². The highest BCUT2D eigenvalue weighted by Gasteiger charge is 2.25. The predicted molar refractivity (Wildman–Crippen MR) is 92.5 cm³/mol. The van der Waals surface area contributed by atoms with Gasteiger partial charge >= 0.3 is 0 Å². The zero-order chi connectivity index (χ0) is 17.2. The number of nitrogens with zero attached hydrogens (tertiary/aromatic N) is 4. The Hall–Kier alpha value is -3.09. The summed E-state index contributed by atoms with van der Waals surface area (Å²) in [7, 11) is 0. The Morgan fingerprint density at radius 1 is 1.40 bits per heavy atom. The van der Waals surface area contributed by atoms with Gasteiger partial charge in [0.2, 0.25) is 6.41 Å². The number of rotatable bonds is 5. The van der Waals surface area contributed by atoms with Crippen LogP contribution in [0.2, 0.25) is 0 Å². The summed E-state index contributed by atoms with van der Waals surface area (Å²) in [6.07, 6.45) is 4.78. The van der Waals surface area contributed by atoms with Crippen LogP contribution in [0.25, 0.3) is 0 Å². The molecule has 0 spiro atoms. The fourth-order valence-electron chi connectivity index (χ4n) is 3.16. The van der Waals surface area contributed by atoms with Gasteiger partial charge in [0.15, 0.2) is 12.2 Å². The van der Waals surface area contributed by atoms with Crippen LogP contribution in [0.5, 0.6) is 0 Å². The Morgan fingerprint density at radius 2 is 2.32 bits per heavy atom. The molecule has 128 valence electrons. The van der Waals surface area contributed by atoms with Crippen molar-refractivity contribution in [3.05, 3.63) is 59.4 Å². The average molecular weight is 337 g/mol. The van der Waals surface area contributed by atoms with E-state index >= 15 is 0 Å². The number of carbonyl (C=O) groups excluding carboxylic acids is 1. The third kappa shape index (κ3) is 3.13. The molecule has 1 amide bonds. The maximum absolute atomic E-state index is 11.2. The van der Waals surface area contributed by atoms with Crippen LogP contribution >= 0.6 is 0 Å². The van der Waals surface area contributed by atoms with Crippen LogP contribution in [-0.2, 0) is 24.3 Å². The number of aromatic nitrogens is 3. The van der Waals surface area contributed by atoms with Crippen molar-refractivity contribution < 1.29 is 9.21 Å². The number of fused-ring (bicyclic) bond motifs is 1. The van der Waals surface area contributed by atoms with Crippen molar-refractivity contribution in [1.82, 2.24) is 19.7 Å². The molecule has 3 aromatic rings. The van der Waals surface area contributed by atoms with Crippen molar-refractivity contribution >= 4 is 17.9 Å². The molecule has 4 rings (SSSR count). The highest BCUT2D eigenvalue weighted by Crippen LogP contribution is 2.28. The van der Waals surface area contributed by atoms with Crippen molar-refractivity contribution in [3.63, 3.8) is 0 Å². The molecule has 1 aromatic carbocycles. The van der Waals surface area contributed by atoms with Gasteiger partial charge in [-0.25, -0.2) is 4.98 Å². The first kappa shape index (κ1) is 15.4. The van der Waals surface area contributed by atoms with Gasteiger partial charge in [-0.3, -0.25) is 9.48 Å². The molecule has 1 aliphatic rings. The molecule has 1 aliphatic heterocycles. The quantitative estimate of drug-likeness (QED) is 0.724. The number of amides is 1. The second-order valence-electron chi connectivity index (χ2n) is 6.22. The fourth-order valence-corrected chi connectivity index (χ4v) is 3.16. The summed E-state index contributed by atoms with van der Waals surface area (Å²) >= 11 is 0. The van der Waals surface area contributed by atoms with Gasteiger partial charge in [0.1, 0.15) is 12.3 Å². The highest BCUT2D eigenvalue weighted by molar-refractivity contribution is 5.62. The minimum absolute atomic E-state index is 0.527. The minimum Gasteiger partial charge on any atom is -0.447 e. The number of aryl methyl sites for hydroxylation is 1. The van der Waals surface area contributed by atoms with Gasteiger partial charge in [-0.1, -0.05) is 12.1 Å². The third-order valence-corrected chi connectivity index (χ3v) is 4.38. The summed E-state index contributed by atoms with van der Waals surface area (Å²) in [5.41, 5.74) is 4.34. The third-order valence-electron chi connectivity index (χ3n) is 4.38. The molecular formula is C18H19N5O2. The number of oxazole rings is 1. The molecule has 7 nitrogen and oxygen atoms in total. The SMILES string of the molecule is Cc1cccc(Nc2nn(Cc3cnco3)c3c2CN(C=O)CC3)c1. The molecule has 3 heterocycles. The molecule has 0 unspecified atom stereocenters. The highest BCUT2D eigenvalue weighted by atomic mass is 16.3. The lowest BCUT2D eigenvalue weighted by molar-refractivity contribution is -0.118. The first-order chi connectivity index (χ1) is 12.2. The number of hydrogen-bond donors (Lipinski definition) is 1. The topological polar surface area (TPSA) is 76.2 Å². The number of nitrogens with one attached hydrogen (secondary N) is 1. The van der Waals surface area contributed by atoms with E-state index in [1.807, 2.05) is 16.8 Å². The van der Waals surface area contributed by atoms with E-state index in [1.165, 1.54) is 12.0 Å². The van der Waals surface area contributed by atoms with Crippen molar-refractivity contribution in [2.45, 2.75) is 26.4 Å². The Kier molecular flexibility index (Phi) is 3.97. The average Bonchev–Trinajstić information content (AvgIpc) is 3.24. The van der Waals surface area contributed by atoms with E-state index in [2.05, 4.69) is 29.4 Å². The van der Waals surface area contributed by atoms with Crippen LogP contribution in [0.1, 0.15) is 22.6 Å². The molecule has 0 radical (unpaired) electrons. The first-order valence-corrected chi connectivity index (χ1v) is 8.22. The Morgan fingerprint density at radius 3 is 3.08 bits per heavy atom. The molecule has 0 aliphatic carbocycles. The summed E-state index contributed by atoms with van der Waals surface area (Å²) in [6.45, 7) is 3.84. The van der Waals surface area contributed by atoms with Crippen LogP contribution in [0.4, 0.5) is 11.5 Å². The van der Waals surface area contributed by atoms with Crippen LogP contribution in [0.15, 0.2) is 41.3 Å². The van der Waals surface area contributed by atoms with Gasteiger partial charge < -0.3 is 14.6 Å². The Labute approximate surface area is 145 Å². The van der Waals surface area contributed by atoms with E-state index in [0.29, 0.717) is 19.6 Å². The molecule has 0 saturated heterocycles. The van der Waals surface area contributed by atoms with Crippen molar-refractivity contribution in [2.75, 3.05) is 11.9 Å². The van der Waals surface area contributed by atoms with Gasteiger partial charge in [-0.05, 0) is 24.6 Å². The molecule has 1 N–H and O–H groups in total. The van der Waals surface area contributed by atoms with Gasteiger partial charge in [0, 0.05) is 29.9 Å². The first-order valence-electron chi connectivity index (χ1n) is 8.22. The maximum Gasteiger partial charge on any atom is 0.210 e. The lowest BCUT2D eigenvalue weighted by Gasteiger charge is -2.24. The number of anilines is 2. The fraction of sp³-hybridized carbons (Fsp3) is 0.278. The summed E-state index contributed by atoms with van der Waals surface area (Å²) in [5.74, 6) is 1.54. The normalized spacial score (nSPS) is 13.6. The van der Waals surface area contributed by atoms with Crippen molar-refractivity contribution in [3.8, 4) is 0 Å². The van der Waals surface area contributed by atoms with Gasteiger partial charge in [-0.2, -0.15) is 5.10 Å². The Balaban J connectivity index is 1.69. The molecule has 2 aromatic heterocycles. The second-order valence-corrected chi connectivity index (χ2v) is 6.22. The zero-order valence-electron chi connectivity index (χ0n) is 14.0. The summed E-state index contributed by atoms with van der Waals surface area (Å²) in [4.78, 5) is 16.9. The molecule has 25 heavy (non-hydrogen) atoms.